The first-order valence-corrected chi connectivity index (χ1v) is 6.11. The van der Waals surface area contributed by atoms with Crippen LogP contribution in [-0.2, 0) is 4.79 Å². The quantitative estimate of drug-likeness (QED) is 0.869. The Bertz CT molecular complexity index is 488. The number of methoxy groups -OCH3 is 1. The topological polar surface area (TPSA) is 75.6 Å². The van der Waals surface area contributed by atoms with Crippen molar-refractivity contribution in [3.05, 3.63) is 28.8 Å². The van der Waals surface area contributed by atoms with E-state index in [1.165, 1.54) is 19.2 Å². The molecule has 0 saturated heterocycles. The fourth-order valence-corrected chi connectivity index (χ4v) is 1.75. The van der Waals surface area contributed by atoms with Gasteiger partial charge in [0.2, 0.25) is 0 Å². The van der Waals surface area contributed by atoms with E-state index in [4.69, 9.17) is 21.4 Å². The maximum Gasteiger partial charge on any atom is 0.326 e. The Morgan fingerprint density at radius 2 is 2.00 bits per heavy atom. The second kappa shape index (κ2) is 6.43. The summed E-state index contributed by atoms with van der Waals surface area (Å²) in [7, 11) is 1.42. The molecule has 0 aromatic heterocycles. The molecule has 104 valence electrons. The molecule has 2 N–H and O–H groups in total. The lowest BCUT2D eigenvalue weighted by Gasteiger charge is -2.18. The van der Waals surface area contributed by atoms with E-state index >= 15 is 0 Å². The molecule has 0 bridgehead atoms. The Balaban J connectivity index is 2.97. The molecule has 0 spiro atoms. The highest BCUT2D eigenvalue weighted by molar-refractivity contribution is 6.30. The maximum atomic E-state index is 12.1. The van der Waals surface area contributed by atoms with Crippen molar-refractivity contribution >= 4 is 23.5 Å². The molecule has 0 heterocycles. The minimum Gasteiger partial charge on any atom is -0.496 e. The van der Waals surface area contributed by atoms with Gasteiger partial charge in [-0.25, -0.2) is 4.79 Å². The number of hydrogen-bond donors (Lipinski definition) is 2. The third-order valence-corrected chi connectivity index (χ3v) is 2.86. The van der Waals surface area contributed by atoms with E-state index in [0.29, 0.717) is 10.8 Å². The average molecular weight is 286 g/mol. The highest BCUT2D eigenvalue weighted by Crippen LogP contribution is 2.23. The smallest absolute Gasteiger partial charge is 0.326 e. The first kappa shape index (κ1) is 15.3. The number of carbonyl (C=O) groups is 2. The van der Waals surface area contributed by atoms with Gasteiger partial charge in [-0.1, -0.05) is 25.4 Å². The molecule has 19 heavy (non-hydrogen) atoms. The second-order valence-corrected chi connectivity index (χ2v) is 4.81. The summed E-state index contributed by atoms with van der Waals surface area (Å²) < 4.78 is 5.06. The van der Waals surface area contributed by atoms with Crippen LogP contribution in [-0.4, -0.2) is 30.1 Å². The highest BCUT2D eigenvalue weighted by Gasteiger charge is 2.25. The molecule has 6 heteroatoms. The monoisotopic (exact) mass is 285 g/mol. The summed E-state index contributed by atoms with van der Waals surface area (Å²) in [5, 5.41) is 11.9. The molecule has 0 aliphatic carbocycles. The molecule has 1 amide bonds. The standard InChI is InChI=1S/C13H16ClNO4/c1-7(2)11(13(17)18)15-12(16)9-5-4-8(14)6-10(9)19-3/h4-7,11H,1-3H3,(H,15,16)(H,17,18). The van der Waals surface area contributed by atoms with E-state index < -0.39 is 17.9 Å². The van der Waals surface area contributed by atoms with Gasteiger partial charge in [-0.3, -0.25) is 4.79 Å². The Morgan fingerprint density at radius 3 is 2.47 bits per heavy atom. The highest BCUT2D eigenvalue weighted by atomic mass is 35.5. The number of carboxylic acids is 1. The van der Waals surface area contributed by atoms with Crippen LogP contribution >= 0.6 is 11.6 Å². The van der Waals surface area contributed by atoms with Gasteiger partial charge in [-0.05, 0) is 24.1 Å². The van der Waals surface area contributed by atoms with Crippen molar-refractivity contribution in [1.29, 1.82) is 0 Å². The molecular formula is C13H16ClNO4. The molecule has 5 nitrogen and oxygen atoms in total. The van der Waals surface area contributed by atoms with Crippen molar-refractivity contribution in [2.45, 2.75) is 19.9 Å². The number of carbonyl (C=O) groups excluding carboxylic acids is 1. The van der Waals surface area contributed by atoms with E-state index in [0.717, 1.165) is 0 Å². The lowest BCUT2D eigenvalue weighted by atomic mass is 10.0. The molecule has 0 aliphatic rings. The number of rotatable bonds is 5. The molecule has 1 aromatic rings. The van der Waals surface area contributed by atoms with Gasteiger partial charge in [0.05, 0.1) is 12.7 Å². The van der Waals surface area contributed by atoms with Crippen molar-refractivity contribution in [2.75, 3.05) is 7.11 Å². The predicted octanol–water partition coefficient (Wildman–Crippen LogP) is 2.19. The minimum absolute atomic E-state index is 0.222. The fraction of sp³-hybridized carbons (Fsp3) is 0.385. The number of halogens is 1. The van der Waals surface area contributed by atoms with Crippen LogP contribution in [0.15, 0.2) is 18.2 Å². The van der Waals surface area contributed by atoms with Gasteiger partial charge in [0.25, 0.3) is 5.91 Å². The molecule has 0 saturated carbocycles. The summed E-state index contributed by atoms with van der Waals surface area (Å²) in [6, 6.07) is 3.59. The summed E-state index contributed by atoms with van der Waals surface area (Å²) >= 11 is 5.80. The third kappa shape index (κ3) is 3.86. The van der Waals surface area contributed by atoms with Gasteiger partial charge < -0.3 is 15.2 Å². The van der Waals surface area contributed by atoms with Gasteiger partial charge in [0, 0.05) is 5.02 Å². The summed E-state index contributed by atoms with van der Waals surface area (Å²) in [6.45, 7) is 3.44. The molecule has 0 radical (unpaired) electrons. The molecule has 0 fully saturated rings. The van der Waals surface area contributed by atoms with E-state index in [1.54, 1.807) is 19.9 Å². The van der Waals surface area contributed by atoms with Crippen molar-refractivity contribution < 1.29 is 19.4 Å². The van der Waals surface area contributed by atoms with Crippen LogP contribution in [0.25, 0.3) is 0 Å². The lowest BCUT2D eigenvalue weighted by Crippen LogP contribution is -2.44. The average Bonchev–Trinajstić information content (AvgIpc) is 2.34. The first-order chi connectivity index (χ1) is 8.86. The Morgan fingerprint density at radius 1 is 1.37 bits per heavy atom. The zero-order valence-electron chi connectivity index (χ0n) is 10.9. The number of ether oxygens (including phenoxy) is 1. The molecule has 1 atom stereocenters. The van der Waals surface area contributed by atoms with Gasteiger partial charge in [-0.15, -0.1) is 0 Å². The van der Waals surface area contributed by atoms with Crippen LogP contribution in [0.3, 0.4) is 0 Å². The van der Waals surface area contributed by atoms with Crippen LogP contribution in [0, 0.1) is 5.92 Å². The SMILES string of the molecule is COc1cc(Cl)ccc1C(=O)NC(C(=O)O)C(C)C. The van der Waals surface area contributed by atoms with E-state index in [2.05, 4.69) is 5.32 Å². The van der Waals surface area contributed by atoms with E-state index in [-0.39, 0.29) is 11.5 Å². The summed E-state index contributed by atoms with van der Waals surface area (Å²) in [4.78, 5) is 23.1. The molecule has 1 rings (SSSR count). The Hall–Kier alpha value is -1.75. The number of carboxylic acid groups (broad SMARTS) is 1. The van der Waals surface area contributed by atoms with Gasteiger partial charge in [-0.2, -0.15) is 0 Å². The fourth-order valence-electron chi connectivity index (χ4n) is 1.59. The summed E-state index contributed by atoms with van der Waals surface area (Å²) in [5.41, 5.74) is 0.249. The van der Waals surface area contributed by atoms with Crippen molar-refractivity contribution in [2.24, 2.45) is 5.92 Å². The number of hydrogen-bond acceptors (Lipinski definition) is 3. The first-order valence-electron chi connectivity index (χ1n) is 5.74. The molecular weight excluding hydrogens is 270 g/mol. The summed E-state index contributed by atoms with van der Waals surface area (Å²) in [6.07, 6.45) is 0. The van der Waals surface area contributed by atoms with Crippen molar-refractivity contribution in [3.8, 4) is 5.75 Å². The van der Waals surface area contributed by atoms with Crippen molar-refractivity contribution in [3.63, 3.8) is 0 Å². The Kier molecular flexibility index (Phi) is 5.18. The molecule has 0 aliphatic heterocycles. The summed E-state index contributed by atoms with van der Waals surface area (Å²) in [5.74, 6) is -1.50. The number of benzene rings is 1. The predicted molar refractivity (Wildman–Crippen MR) is 71.7 cm³/mol. The van der Waals surface area contributed by atoms with Crippen LogP contribution in [0.4, 0.5) is 0 Å². The van der Waals surface area contributed by atoms with Crippen LogP contribution < -0.4 is 10.1 Å². The molecule has 1 unspecified atom stereocenters. The van der Waals surface area contributed by atoms with Crippen LogP contribution in [0.2, 0.25) is 5.02 Å². The number of nitrogens with one attached hydrogen (secondary N) is 1. The third-order valence-electron chi connectivity index (χ3n) is 2.63. The van der Waals surface area contributed by atoms with Gasteiger partial charge in [0.15, 0.2) is 0 Å². The largest absolute Gasteiger partial charge is 0.496 e. The molecule has 1 aromatic carbocycles. The van der Waals surface area contributed by atoms with E-state index in [1.807, 2.05) is 0 Å². The maximum absolute atomic E-state index is 12.1. The minimum atomic E-state index is -1.07. The number of aliphatic carboxylic acids is 1. The second-order valence-electron chi connectivity index (χ2n) is 4.38. The Labute approximate surface area is 116 Å². The zero-order chi connectivity index (χ0) is 14.6. The van der Waals surface area contributed by atoms with Crippen LogP contribution in [0.5, 0.6) is 5.75 Å². The normalized spacial score (nSPS) is 12.1. The zero-order valence-corrected chi connectivity index (χ0v) is 11.7. The van der Waals surface area contributed by atoms with Crippen molar-refractivity contribution in [1.82, 2.24) is 5.32 Å². The number of amides is 1. The lowest BCUT2D eigenvalue weighted by molar-refractivity contribution is -0.140. The van der Waals surface area contributed by atoms with E-state index in [9.17, 15) is 9.59 Å². The van der Waals surface area contributed by atoms with Gasteiger partial charge >= 0.3 is 5.97 Å². The van der Waals surface area contributed by atoms with Crippen LogP contribution in [0.1, 0.15) is 24.2 Å². The van der Waals surface area contributed by atoms with Gasteiger partial charge in [0.1, 0.15) is 11.8 Å².